The molecule has 0 unspecified atom stereocenters. The third kappa shape index (κ3) is 7.01. The van der Waals surface area contributed by atoms with Crippen molar-refractivity contribution in [1.29, 1.82) is 0 Å². The van der Waals surface area contributed by atoms with Crippen molar-refractivity contribution in [2.45, 2.75) is 37.5 Å². The van der Waals surface area contributed by atoms with Crippen LogP contribution in [0.15, 0.2) is 23.1 Å². The van der Waals surface area contributed by atoms with Crippen LogP contribution in [-0.4, -0.2) is 66.7 Å². The molecule has 0 saturated carbocycles. The number of carbonyl (C=O) groups is 2. The Morgan fingerprint density at radius 2 is 1.52 bits per heavy atom. The van der Waals surface area contributed by atoms with E-state index in [1.807, 2.05) is 6.92 Å². The zero-order valence-electron chi connectivity index (χ0n) is 12.1. The predicted octanol–water partition coefficient (Wildman–Crippen LogP) is 1.72. The first-order chi connectivity index (χ1) is 10.3. The third-order valence-corrected chi connectivity index (χ3v) is 4.22. The molecule has 1 aromatic rings. The number of aromatic carboxylic acids is 2. The Morgan fingerprint density at radius 3 is 1.96 bits per heavy atom. The molecule has 7 nitrogen and oxygen atoms in total. The fourth-order valence-electron chi connectivity index (χ4n) is 1.76. The molecule has 0 aliphatic heterocycles. The fourth-order valence-corrected chi connectivity index (χ4v) is 2.77. The second-order valence-corrected chi connectivity index (χ2v) is 6.31. The minimum atomic E-state index is -4.19. The maximum atomic E-state index is 12.0. The molecule has 23 heavy (non-hydrogen) atoms. The van der Waals surface area contributed by atoms with Gasteiger partial charge >= 0.3 is 41.5 Å². The molecule has 0 aromatic heterocycles. The summed E-state index contributed by atoms with van der Waals surface area (Å²) < 4.78 is 28.8. The van der Waals surface area contributed by atoms with Crippen molar-refractivity contribution in [2.75, 3.05) is 6.61 Å². The number of benzene rings is 1. The van der Waals surface area contributed by atoms with Crippen LogP contribution in [0.5, 0.6) is 0 Å². The predicted molar refractivity (Wildman–Crippen MR) is 84.8 cm³/mol. The Balaban J connectivity index is 0.00000484. The van der Waals surface area contributed by atoms with Gasteiger partial charge in [0.2, 0.25) is 0 Å². The molecule has 124 valence electrons. The summed E-state index contributed by atoms with van der Waals surface area (Å²) in [6.07, 6.45) is 3.33. The van der Waals surface area contributed by atoms with Crippen molar-refractivity contribution in [3.05, 3.63) is 29.3 Å². The van der Waals surface area contributed by atoms with Crippen LogP contribution in [0.1, 0.15) is 53.3 Å². The molecule has 0 spiro atoms. The van der Waals surface area contributed by atoms with Crippen molar-refractivity contribution < 1.29 is 32.4 Å². The summed E-state index contributed by atoms with van der Waals surface area (Å²) >= 11 is 0. The van der Waals surface area contributed by atoms with Gasteiger partial charge in [-0.05, 0) is 24.6 Å². The molecule has 0 radical (unpaired) electrons. The van der Waals surface area contributed by atoms with Crippen LogP contribution in [0.4, 0.5) is 0 Å². The second-order valence-electron chi connectivity index (χ2n) is 4.69. The van der Waals surface area contributed by atoms with Gasteiger partial charge in [0.25, 0.3) is 10.1 Å². The van der Waals surface area contributed by atoms with E-state index in [2.05, 4.69) is 0 Å². The van der Waals surface area contributed by atoms with Crippen LogP contribution < -0.4 is 0 Å². The van der Waals surface area contributed by atoms with Gasteiger partial charge in [0, 0.05) is 0 Å². The Morgan fingerprint density at radius 1 is 1.00 bits per heavy atom. The molecule has 0 aliphatic rings. The Hall–Kier alpha value is -0.930. The summed E-state index contributed by atoms with van der Waals surface area (Å²) in [5, 5.41) is 17.9. The van der Waals surface area contributed by atoms with Crippen LogP contribution >= 0.6 is 0 Å². The van der Waals surface area contributed by atoms with E-state index in [-0.39, 0.29) is 36.2 Å². The van der Waals surface area contributed by atoms with Crippen molar-refractivity contribution in [2.24, 2.45) is 0 Å². The van der Waals surface area contributed by atoms with Gasteiger partial charge in [-0.15, -0.1) is 0 Å². The number of hydrogen-bond acceptors (Lipinski definition) is 5. The SMILES string of the molecule is CCCCCCOS(=O)(=O)c1cc(C(=O)O)cc(C(=O)O)c1.[NaH]. The van der Waals surface area contributed by atoms with Gasteiger partial charge in [0.1, 0.15) is 0 Å². The molecule has 0 fully saturated rings. The van der Waals surface area contributed by atoms with Gasteiger partial charge in [-0.3, -0.25) is 4.18 Å². The van der Waals surface area contributed by atoms with E-state index in [4.69, 9.17) is 14.4 Å². The molecular formula is C14H19NaO7S. The van der Waals surface area contributed by atoms with E-state index in [1.54, 1.807) is 0 Å². The minimum absolute atomic E-state index is 0. The van der Waals surface area contributed by atoms with E-state index < -0.39 is 38.1 Å². The summed E-state index contributed by atoms with van der Waals surface area (Å²) in [5.41, 5.74) is -0.846. The summed E-state index contributed by atoms with van der Waals surface area (Å²) in [7, 11) is -4.19. The molecule has 0 bridgehead atoms. The molecule has 0 heterocycles. The van der Waals surface area contributed by atoms with Crippen LogP contribution in [0.3, 0.4) is 0 Å². The Bertz CT molecular complexity index is 623. The van der Waals surface area contributed by atoms with Crippen molar-refractivity contribution in [3.8, 4) is 0 Å². The van der Waals surface area contributed by atoms with Gasteiger partial charge in [-0.1, -0.05) is 26.2 Å². The second kappa shape index (κ2) is 10.0. The number of unbranched alkanes of at least 4 members (excludes halogenated alkanes) is 3. The Labute approximate surface area is 157 Å². The third-order valence-electron chi connectivity index (χ3n) is 2.93. The summed E-state index contributed by atoms with van der Waals surface area (Å²) in [6, 6.07) is 2.66. The standard InChI is InChI=1S/C14H18O7S.Na.H/c1-2-3-4-5-6-21-22(19,20)12-8-10(13(15)16)7-11(9-12)14(17)18;;/h7-9H,2-6H2,1H3,(H,15,16)(H,17,18);;. The zero-order valence-corrected chi connectivity index (χ0v) is 12.9. The average Bonchev–Trinajstić information content (AvgIpc) is 2.46. The normalized spacial score (nSPS) is 10.8. The maximum absolute atomic E-state index is 12.0. The van der Waals surface area contributed by atoms with Gasteiger partial charge in [-0.2, -0.15) is 8.42 Å². The van der Waals surface area contributed by atoms with Gasteiger partial charge in [0.05, 0.1) is 22.6 Å². The first-order valence-corrected chi connectivity index (χ1v) is 8.20. The molecule has 9 heteroatoms. The molecule has 1 aromatic carbocycles. The topological polar surface area (TPSA) is 118 Å². The quantitative estimate of drug-likeness (QED) is 0.394. The average molecular weight is 354 g/mol. The summed E-state index contributed by atoms with van der Waals surface area (Å²) in [4.78, 5) is 21.4. The summed E-state index contributed by atoms with van der Waals surface area (Å²) in [5.74, 6) is -2.83. The first-order valence-electron chi connectivity index (χ1n) is 6.79. The molecule has 0 atom stereocenters. The van der Waals surface area contributed by atoms with Gasteiger partial charge < -0.3 is 10.2 Å². The first kappa shape index (κ1) is 22.1. The fraction of sp³-hybridized carbons (Fsp3) is 0.429. The zero-order chi connectivity index (χ0) is 16.8. The van der Waals surface area contributed by atoms with Crippen LogP contribution in [-0.2, 0) is 14.3 Å². The molecule has 0 amide bonds. The number of carboxylic acids is 2. The van der Waals surface area contributed by atoms with Crippen molar-refractivity contribution in [3.63, 3.8) is 0 Å². The number of hydrogen-bond donors (Lipinski definition) is 2. The van der Waals surface area contributed by atoms with Gasteiger partial charge in [-0.25, -0.2) is 9.59 Å². The van der Waals surface area contributed by atoms with E-state index in [0.717, 1.165) is 37.5 Å². The number of rotatable bonds is 9. The Kier molecular flexibility index (Phi) is 9.64. The van der Waals surface area contributed by atoms with E-state index in [0.29, 0.717) is 6.42 Å². The van der Waals surface area contributed by atoms with E-state index >= 15 is 0 Å². The van der Waals surface area contributed by atoms with Crippen LogP contribution in [0.2, 0.25) is 0 Å². The summed E-state index contributed by atoms with van der Waals surface area (Å²) in [6.45, 7) is 1.99. The molecular weight excluding hydrogens is 335 g/mol. The molecule has 1 rings (SSSR count). The molecule has 2 N–H and O–H groups in total. The number of carboxylic acid groups (broad SMARTS) is 2. The van der Waals surface area contributed by atoms with E-state index in [9.17, 15) is 18.0 Å². The van der Waals surface area contributed by atoms with Crippen LogP contribution in [0.25, 0.3) is 0 Å². The van der Waals surface area contributed by atoms with E-state index in [1.165, 1.54) is 0 Å². The molecule has 0 saturated heterocycles. The van der Waals surface area contributed by atoms with Crippen LogP contribution in [0, 0.1) is 0 Å². The van der Waals surface area contributed by atoms with Crippen molar-refractivity contribution >= 4 is 51.6 Å². The van der Waals surface area contributed by atoms with Crippen molar-refractivity contribution in [1.82, 2.24) is 0 Å². The monoisotopic (exact) mass is 354 g/mol. The van der Waals surface area contributed by atoms with Gasteiger partial charge in [0.15, 0.2) is 0 Å². The molecule has 0 aliphatic carbocycles.